The van der Waals surface area contributed by atoms with Crippen molar-refractivity contribution in [2.24, 2.45) is 5.92 Å². The lowest BCUT2D eigenvalue weighted by atomic mass is 9.96. The van der Waals surface area contributed by atoms with Crippen LogP contribution in [0, 0.1) is 5.92 Å². The predicted octanol–water partition coefficient (Wildman–Crippen LogP) is 1.92. The number of hydrogen-bond donors (Lipinski definition) is 1. The van der Waals surface area contributed by atoms with Crippen LogP contribution in [0.1, 0.15) is 30.5 Å². The molecule has 0 unspecified atom stereocenters. The first-order valence-corrected chi connectivity index (χ1v) is 10.6. The van der Waals surface area contributed by atoms with Crippen LogP contribution in [0.4, 0.5) is 5.82 Å². The number of hydrogen-bond acceptors (Lipinski definition) is 6. The number of likely N-dealkylation sites (tertiary alicyclic amines) is 1. The van der Waals surface area contributed by atoms with Crippen molar-refractivity contribution in [2.75, 3.05) is 45.2 Å². The molecule has 3 heterocycles. The van der Waals surface area contributed by atoms with Gasteiger partial charge in [-0.2, -0.15) is 0 Å². The fourth-order valence-electron chi connectivity index (χ4n) is 4.42. The molecule has 2 aromatic rings. The number of carbonyl (C=O) groups is 1. The molecule has 0 aromatic carbocycles. The highest BCUT2D eigenvalue weighted by Gasteiger charge is 2.26. The van der Waals surface area contributed by atoms with Gasteiger partial charge in [0.15, 0.2) is 5.82 Å². The van der Waals surface area contributed by atoms with Gasteiger partial charge >= 0.3 is 0 Å². The molecule has 154 valence electrons. The first-order valence-electron chi connectivity index (χ1n) is 10.6. The Morgan fingerprint density at radius 3 is 2.79 bits per heavy atom. The van der Waals surface area contributed by atoms with E-state index < -0.39 is 0 Å². The fraction of sp³-hybridized carbons (Fsp3) is 0.545. The topological polar surface area (TPSA) is 74.2 Å². The number of pyridine rings is 1. The highest BCUT2D eigenvalue weighted by atomic mass is 16.1. The molecule has 1 N–H and O–H groups in total. The maximum atomic E-state index is 11.6. The standard InChI is InChI=1S/C22H30N6O/c1-23-20(29)15-28-12-9-16(10-13-28)14-27(2)22-17-6-5-8-18(17)25-21(26-22)19-7-3-4-11-24-19/h3-4,7,11,16H,5-6,8-10,12-15H2,1-2H3,(H,23,29). The fourth-order valence-corrected chi connectivity index (χ4v) is 4.42. The summed E-state index contributed by atoms with van der Waals surface area (Å²) in [5.41, 5.74) is 3.33. The van der Waals surface area contributed by atoms with Crippen LogP contribution in [0.15, 0.2) is 24.4 Å². The molecular weight excluding hydrogens is 364 g/mol. The Morgan fingerprint density at radius 1 is 1.24 bits per heavy atom. The minimum Gasteiger partial charge on any atom is -0.359 e. The third kappa shape index (κ3) is 4.56. The van der Waals surface area contributed by atoms with Crippen molar-refractivity contribution in [3.63, 3.8) is 0 Å². The summed E-state index contributed by atoms with van der Waals surface area (Å²) in [5.74, 6) is 2.51. The number of amides is 1. The molecule has 7 nitrogen and oxygen atoms in total. The summed E-state index contributed by atoms with van der Waals surface area (Å²) in [4.78, 5) is 30.4. The van der Waals surface area contributed by atoms with Gasteiger partial charge in [-0.15, -0.1) is 0 Å². The molecular formula is C22H30N6O. The number of anilines is 1. The average molecular weight is 395 g/mol. The van der Waals surface area contributed by atoms with Crippen LogP contribution in [0.5, 0.6) is 0 Å². The Balaban J connectivity index is 1.46. The number of likely N-dealkylation sites (N-methyl/N-ethyl adjacent to an activating group) is 1. The third-order valence-corrected chi connectivity index (χ3v) is 6.05. The molecule has 1 aliphatic heterocycles. The number of carbonyl (C=O) groups excluding carboxylic acids is 1. The second kappa shape index (κ2) is 8.86. The Kier molecular flexibility index (Phi) is 6.04. The lowest BCUT2D eigenvalue weighted by molar-refractivity contribution is -0.122. The second-order valence-corrected chi connectivity index (χ2v) is 8.14. The molecule has 1 saturated heterocycles. The van der Waals surface area contributed by atoms with E-state index in [2.05, 4.69) is 27.1 Å². The first-order chi connectivity index (χ1) is 14.1. The summed E-state index contributed by atoms with van der Waals surface area (Å²) < 4.78 is 0. The second-order valence-electron chi connectivity index (χ2n) is 8.14. The average Bonchev–Trinajstić information content (AvgIpc) is 3.23. The van der Waals surface area contributed by atoms with Crippen molar-refractivity contribution in [1.29, 1.82) is 0 Å². The van der Waals surface area contributed by atoms with Crippen LogP contribution in [-0.4, -0.2) is 66.0 Å². The first kappa shape index (κ1) is 19.8. The molecule has 2 aromatic heterocycles. The predicted molar refractivity (Wildman–Crippen MR) is 114 cm³/mol. The van der Waals surface area contributed by atoms with Crippen LogP contribution in [0.3, 0.4) is 0 Å². The summed E-state index contributed by atoms with van der Waals surface area (Å²) in [6.45, 7) is 3.45. The minimum absolute atomic E-state index is 0.0965. The molecule has 1 amide bonds. The minimum atomic E-state index is 0.0965. The maximum absolute atomic E-state index is 11.6. The highest BCUT2D eigenvalue weighted by molar-refractivity contribution is 5.77. The molecule has 7 heteroatoms. The smallest absolute Gasteiger partial charge is 0.233 e. The van der Waals surface area contributed by atoms with E-state index in [1.807, 2.05) is 18.2 Å². The van der Waals surface area contributed by atoms with Gasteiger partial charge < -0.3 is 10.2 Å². The van der Waals surface area contributed by atoms with E-state index in [4.69, 9.17) is 9.97 Å². The number of rotatable bonds is 6. The monoisotopic (exact) mass is 394 g/mol. The van der Waals surface area contributed by atoms with Gasteiger partial charge in [-0.25, -0.2) is 9.97 Å². The molecule has 0 spiro atoms. The zero-order chi connectivity index (χ0) is 20.2. The van der Waals surface area contributed by atoms with E-state index in [0.29, 0.717) is 12.5 Å². The van der Waals surface area contributed by atoms with Crippen LogP contribution in [0.2, 0.25) is 0 Å². The molecule has 1 fully saturated rings. The lowest BCUT2D eigenvalue weighted by Gasteiger charge is -2.34. The van der Waals surface area contributed by atoms with E-state index >= 15 is 0 Å². The van der Waals surface area contributed by atoms with Crippen LogP contribution in [-0.2, 0) is 17.6 Å². The molecule has 4 rings (SSSR count). The van der Waals surface area contributed by atoms with Gasteiger partial charge in [0.1, 0.15) is 11.5 Å². The summed E-state index contributed by atoms with van der Waals surface area (Å²) >= 11 is 0. The molecule has 0 atom stereocenters. The van der Waals surface area contributed by atoms with Crippen molar-refractivity contribution >= 4 is 11.7 Å². The van der Waals surface area contributed by atoms with E-state index in [1.54, 1.807) is 13.2 Å². The zero-order valence-corrected chi connectivity index (χ0v) is 17.4. The largest absolute Gasteiger partial charge is 0.359 e. The number of fused-ring (bicyclic) bond motifs is 1. The number of nitrogens with zero attached hydrogens (tertiary/aromatic N) is 5. The van der Waals surface area contributed by atoms with Crippen molar-refractivity contribution in [3.8, 4) is 11.5 Å². The van der Waals surface area contributed by atoms with Crippen molar-refractivity contribution in [1.82, 2.24) is 25.2 Å². The number of aryl methyl sites for hydroxylation is 1. The number of nitrogens with one attached hydrogen (secondary N) is 1. The van der Waals surface area contributed by atoms with Gasteiger partial charge in [0.05, 0.1) is 6.54 Å². The van der Waals surface area contributed by atoms with Gasteiger partial charge in [-0.3, -0.25) is 14.7 Å². The lowest BCUT2D eigenvalue weighted by Crippen LogP contribution is -2.42. The molecule has 0 radical (unpaired) electrons. The number of piperidine rings is 1. The summed E-state index contributed by atoms with van der Waals surface area (Å²) in [7, 11) is 3.85. The normalized spacial score (nSPS) is 17.2. The van der Waals surface area contributed by atoms with Gasteiger partial charge in [0, 0.05) is 38.1 Å². The molecule has 29 heavy (non-hydrogen) atoms. The van der Waals surface area contributed by atoms with Crippen LogP contribution >= 0.6 is 0 Å². The number of aromatic nitrogens is 3. The van der Waals surface area contributed by atoms with Crippen molar-refractivity contribution in [3.05, 3.63) is 35.7 Å². The molecule has 2 aliphatic rings. The Bertz CT molecular complexity index is 848. The summed E-state index contributed by atoms with van der Waals surface area (Å²) in [6, 6.07) is 5.87. The summed E-state index contributed by atoms with van der Waals surface area (Å²) in [6.07, 6.45) is 7.25. The van der Waals surface area contributed by atoms with E-state index in [-0.39, 0.29) is 5.91 Å². The SMILES string of the molecule is CNC(=O)CN1CCC(CN(C)c2nc(-c3ccccn3)nc3c2CCC3)CC1. The van der Waals surface area contributed by atoms with Gasteiger partial charge in [0.25, 0.3) is 0 Å². The van der Waals surface area contributed by atoms with Crippen molar-refractivity contribution < 1.29 is 4.79 Å². The Hall–Kier alpha value is -2.54. The Morgan fingerprint density at radius 2 is 2.07 bits per heavy atom. The third-order valence-electron chi connectivity index (χ3n) is 6.05. The van der Waals surface area contributed by atoms with Gasteiger partial charge in [-0.05, 0) is 63.2 Å². The van der Waals surface area contributed by atoms with E-state index in [1.165, 1.54) is 11.3 Å². The molecule has 1 aliphatic carbocycles. The van der Waals surface area contributed by atoms with Crippen molar-refractivity contribution in [2.45, 2.75) is 32.1 Å². The van der Waals surface area contributed by atoms with E-state index in [9.17, 15) is 4.79 Å². The quantitative estimate of drug-likeness (QED) is 0.807. The van der Waals surface area contributed by atoms with Crippen LogP contribution in [0.25, 0.3) is 11.5 Å². The molecule has 0 bridgehead atoms. The highest BCUT2D eigenvalue weighted by Crippen LogP contribution is 2.31. The van der Waals surface area contributed by atoms with E-state index in [0.717, 1.165) is 69.1 Å². The zero-order valence-electron chi connectivity index (χ0n) is 17.4. The molecule has 0 saturated carbocycles. The van der Waals surface area contributed by atoms with Gasteiger partial charge in [0.2, 0.25) is 5.91 Å². The van der Waals surface area contributed by atoms with Gasteiger partial charge in [-0.1, -0.05) is 6.07 Å². The maximum Gasteiger partial charge on any atom is 0.233 e. The van der Waals surface area contributed by atoms with Crippen LogP contribution < -0.4 is 10.2 Å². The Labute approximate surface area is 172 Å². The summed E-state index contributed by atoms with van der Waals surface area (Å²) in [5, 5.41) is 2.71.